The second-order valence-electron chi connectivity index (χ2n) is 7.87. The van der Waals surface area contributed by atoms with Crippen molar-refractivity contribution in [3.8, 4) is 5.75 Å². The first kappa shape index (κ1) is 16.6. The molecule has 2 bridgehead atoms. The Bertz CT molecular complexity index is 806. The third-order valence-corrected chi connectivity index (χ3v) is 6.56. The van der Waals surface area contributed by atoms with Crippen LogP contribution in [-0.4, -0.2) is 47.9 Å². The predicted octanol–water partition coefficient (Wildman–Crippen LogP) is 3.32. The third-order valence-electron chi connectivity index (χ3n) is 6.56. The first-order chi connectivity index (χ1) is 12.1. The van der Waals surface area contributed by atoms with Gasteiger partial charge in [-0.05, 0) is 35.7 Å². The van der Waals surface area contributed by atoms with E-state index < -0.39 is 6.10 Å². The molecule has 1 N–H and O–H groups in total. The number of pyridine rings is 1. The maximum atomic E-state index is 11.3. The Morgan fingerprint density at radius 1 is 1.40 bits per heavy atom. The number of hydrogen-bond donors (Lipinski definition) is 1. The van der Waals surface area contributed by atoms with Gasteiger partial charge in [0.25, 0.3) is 0 Å². The molecule has 25 heavy (non-hydrogen) atoms. The number of methoxy groups -OCH3 is 1. The quantitative estimate of drug-likeness (QED) is 0.686. The molecule has 132 valence electrons. The zero-order valence-electron chi connectivity index (χ0n) is 15.1. The normalized spacial score (nSPS) is 32.5. The molecule has 4 unspecified atom stereocenters. The molecular formula is C21H27N2O2+. The van der Waals surface area contributed by atoms with E-state index in [0.717, 1.165) is 46.2 Å². The van der Waals surface area contributed by atoms with Gasteiger partial charge >= 0.3 is 0 Å². The zero-order valence-corrected chi connectivity index (χ0v) is 15.1. The smallest absolute Gasteiger partial charge is 0.131 e. The summed E-state index contributed by atoms with van der Waals surface area (Å²) in [6.45, 7) is 6.26. The Balaban J connectivity index is 1.73. The first-order valence-electron chi connectivity index (χ1n) is 9.13. The number of rotatable bonds is 4. The molecule has 4 nitrogen and oxygen atoms in total. The van der Waals surface area contributed by atoms with Crippen LogP contribution in [0.4, 0.5) is 0 Å². The van der Waals surface area contributed by atoms with Crippen molar-refractivity contribution < 1.29 is 14.3 Å². The van der Waals surface area contributed by atoms with Crippen molar-refractivity contribution in [3.63, 3.8) is 0 Å². The topological polar surface area (TPSA) is 42.4 Å². The first-order valence-corrected chi connectivity index (χ1v) is 9.13. The standard InChI is InChI=1S/C21H27N2O2/c1-4-14-13-23(2)10-8-15(14)11-20(23)21(24)17-7-9-22-19-6-5-16(25-3)12-18(17)19/h4-7,9,12,14-15,20-21,24H,1,8,10-11,13H2,2-3H3/q+1/t14?,15?,20?,21-,23?/m1/s1. The minimum atomic E-state index is -0.490. The van der Waals surface area contributed by atoms with Crippen molar-refractivity contribution in [2.24, 2.45) is 11.8 Å². The van der Waals surface area contributed by atoms with Crippen molar-refractivity contribution >= 4 is 10.9 Å². The molecule has 5 atom stereocenters. The van der Waals surface area contributed by atoms with E-state index >= 15 is 0 Å². The number of aromatic nitrogens is 1. The molecule has 0 spiro atoms. The van der Waals surface area contributed by atoms with Gasteiger partial charge in [0.05, 0.1) is 32.8 Å². The van der Waals surface area contributed by atoms with Crippen LogP contribution in [0.25, 0.3) is 10.9 Å². The van der Waals surface area contributed by atoms with Crippen molar-refractivity contribution in [2.75, 3.05) is 27.2 Å². The van der Waals surface area contributed by atoms with E-state index in [2.05, 4.69) is 24.7 Å². The van der Waals surface area contributed by atoms with Gasteiger partial charge in [-0.15, -0.1) is 6.58 Å². The minimum absolute atomic E-state index is 0.228. The van der Waals surface area contributed by atoms with Gasteiger partial charge in [0.2, 0.25) is 0 Å². The lowest BCUT2D eigenvalue weighted by Gasteiger charge is -2.56. The van der Waals surface area contributed by atoms with E-state index in [1.165, 1.54) is 6.42 Å². The van der Waals surface area contributed by atoms with Crippen molar-refractivity contribution in [3.05, 3.63) is 48.7 Å². The van der Waals surface area contributed by atoms with Gasteiger partial charge in [-0.2, -0.15) is 0 Å². The van der Waals surface area contributed by atoms with Crippen molar-refractivity contribution in [2.45, 2.75) is 25.0 Å². The highest BCUT2D eigenvalue weighted by Gasteiger charge is 2.51. The lowest BCUT2D eigenvalue weighted by atomic mass is 9.72. The molecular weight excluding hydrogens is 312 g/mol. The molecule has 3 fully saturated rings. The van der Waals surface area contributed by atoms with Gasteiger partial charge in [-0.1, -0.05) is 6.08 Å². The SMILES string of the molecule is C=CC1C[N+]2(C)CCC1CC2[C@H](O)c1ccnc2ccc(OC)cc12. The number of hydrogen-bond acceptors (Lipinski definition) is 3. The molecule has 3 aliphatic heterocycles. The van der Waals surface area contributed by atoms with Gasteiger partial charge in [-0.3, -0.25) is 4.98 Å². The summed E-state index contributed by atoms with van der Waals surface area (Å²) >= 11 is 0. The molecule has 0 aliphatic carbocycles. The number of aliphatic hydroxyl groups excluding tert-OH is 1. The van der Waals surface area contributed by atoms with Crippen LogP contribution < -0.4 is 4.74 Å². The summed E-state index contributed by atoms with van der Waals surface area (Å²) in [5.41, 5.74) is 1.87. The maximum Gasteiger partial charge on any atom is 0.131 e. The molecule has 3 aliphatic rings. The summed E-state index contributed by atoms with van der Waals surface area (Å²) in [5, 5.41) is 12.3. The van der Waals surface area contributed by atoms with Crippen LogP contribution in [0.5, 0.6) is 5.75 Å². The summed E-state index contributed by atoms with van der Waals surface area (Å²) in [5.74, 6) is 2.03. The average molecular weight is 339 g/mol. The van der Waals surface area contributed by atoms with Gasteiger partial charge < -0.3 is 14.3 Å². The molecule has 0 radical (unpaired) electrons. The Hall–Kier alpha value is -1.91. The Labute approximate surface area is 149 Å². The van der Waals surface area contributed by atoms with Crippen molar-refractivity contribution in [1.29, 1.82) is 0 Å². The number of aliphatic hydroxyl groups is 1. The molecule has 3 saturated heterocycles. The summed E-state index contributed by atoms with van der Waals surface area (Å²) in [7, 11) is 3.96. The van der Waals surface area contributed by atoms with E-state index in [1.54, 1.807) is 13.3 Å². The highest BCUT2D eigenvalue weighted by Crippen LogP contribution is 2.45. The van der Waals surface area contributed by atoms with E-state index in [4.69, 9.17) is 4.74 Å². The van der Waals surface area contributed by atoms with Crippen LogP contribution in [0.1, 0.15) is 24.5 Å². The number of likely N-dealkylation sites (N-methyl/N-ethyl adjacent to an activating group) is 1. The molecule has 2 aromatic rings. The summed E-state index contributed by atoms with van der Waals surface area (Å²) in [4.78, 5) is 4.45. The molecule has 1 aromatic heterocycles. The van der Waals surface area contributed by atoms with Gasteiger partial charge in [0, 0.05) is 30.3 Å². The fourth-order valence-electron chi connectivity index (χ4n) is 5.03. The fraction of sp³-hybridized carbons (Fsp3) is 0.476. The van der Waals surface area contributed by atoms with Gasteiger partial charge in [0.15, 0.2) is 0 Å². The Morgan fingerprint density at radius 2 is 2.24 bits per heavy atom. The van der Waals surface area contributed by atoms with Crippen LogP contribution in [0.15, 0.2) is 43.1 Å². The molecule has 4 heterocycles. The molecule has 1 aromatic carbocycles. The number of quaternary nitrogens is 1. The Kier molecular flexibility index (Phi) is 4.05. The number of ether oxygens (including phenoxy) is 1. The highest BCUT2D eigenvalue weighted by molar-refractivity contribution is 5.83. The largest absolute Gasteiger partial charge is 0.497 e. The van der Waals surface area contributed by atoms with Crippen LogP contribution in [-0.2, 0) is 0 Å². The summed E-state index contributed by atoms with van der Waals surface area (Å²) in [6.07, 6.45) is 5.73. The van der Waals surface area contributed by atoms with Gasteiger partial charge in [-0.25, -0.2) is 0 Å². The maximum absolute atomic E-state index is 11.3. The second kappa shape index (κ2) is 6.11. The monoisotopic (exact) mass is 339 g/mol. The lowest BCUT2D eigenvalue weighted by molar-refractivity contribution is -0.956. The number of benzene rings is 1. The lowest BCUT2D eigenvalue weighted by Crippen LogP contribution is -2.66. The number of piperidine rings is 3. The van der Waals surface area contributed by atoms with Crippen LogP contribution >= 0.6 is 0 Å². The van der Waals surface area contributed by atoms with E-state index in [9.17, 15) is 5.11 Å². The molecule has 5 rings (SSSR count). The van der Waals surface area contributed by atoms with E-state index in [-0.39, 0.29) is 6.04 Å². The van der Waals surface area contributed by atoms with Crippen LogP contribution in [0.2, 0.25) is 0 Å². The predicted molar refractivity (Wildman–Crippen MR) is 99.4 cm³/mol. The average Bonchev–Trinajstić information content (AvgIpc) is 2.66. The van der Waals surface area contributed by atoms with Gasteiger partial charge in [0.1, 0.15) is 17.9 Å². The van der Waals surface area contributed by atoms with E-state index in [0.29, 0.717) is 11.8 Å². The summed E-state index contributed by atoms with van der Waals surface area (Å²) in [6, 6.07) is 8.06. The fourth-order valence-corrected chi connectivity index (χ4v) is 5.03. The minimum Gasteiger partial charge on any atom is -0.497 e. The Morgan fingerprint density at radius 3 is 2.96 bits per heavy atom. The van der Waals surface area contributed by atoms with Crippen LogP contribution in [0.3, 0.4) is 0 Å². The highest BCUT2D eigenvalue weighted by atomic mass is 16.5. The second-order valence-corrected chi connectivity index (χ2v) is 7.87. The molecule has 0 amide bonds. The third kappa shape index (κ3) is 2.64. The van der Waals surface area contributed by atoms with E-state index in [1.807, 2.05) is 24.3 Å². The zero-order chi connectivity index (χ0) is 17.6. The number of fused-ring (bicyclic) bond motifs is 4. The van der Waals surface area contributed by atoms with Crippen molar-refractivity contribution in [1.82, 2.24) is 4.98 Å². The summed E-state index contributed by atoms with van der Waals surface area (Å²) < 4.78 is 6.31. The van der Waals surface area contributed by atoms with Crippen LogP contribution in [0, 0.1) is 11.8 Å². The molecule has 4 heteroatoms. The molecule has 0 saturated carbocycles. The number of nitrogens with zero attached hydrogens (tertiary/aromatic N) is 2.